The van der Waals surface area contributed by atoms with E-state index in [1.54, 1.807) is 42.5 Å². The van der Waals surface area contributed by atoms with Crippen molar-refractivity contribution in [3.8, 4) is 11.5 Å². The van der Waals surface area contributed by atoms with Crippen molar-refractivity contribution < 1.29 is 22.7 Å². The van der Waals surface area contributed by atoms with Gasteiger partial charge in [0.05, 0.1) is 25.2 Å². The third-order valence-corrected chi connectivity index (χ3v) is 7.47. The molecule has 0 saturated heterocycles. The van der Waals surface area contributed by atoms with E-state index in [2.05, 4.69) is 16.1 Å². The van der Waals surface area contributed by atoms with Crippen molar-refractivity contribution in [1.82, 2.24) is 10.0 Å². The Bertz CT molecular complexity index is 1110. The van der Waals surface area contributed by atoms with Crippen molar-refractivity contribution in [2.45, 2.75) is 56.4 Å². The summed E-state index contributed by atoms with van der Waals surface area (Å²) in [5.41, 5.74) is 2.86. The monoisotopic (exact) mass is 486 g/mol. The van der Waals surface area contributed by atoms with Crippen molar-refractivity contribution in [1.29, 1.82) is 0 Å². The first-order valence-corrected chi connectivity index (χ1v) is 13.1. The Kier molecular flexibility index (Phi) is 9.12. The largest absolute Gasteiger partial charge is 0.493 e. The lowest BCUT2D eigenvalue weighted by Gasteiger charge is -2.22. The smallest absolute Gasteiger partial charge is 0.241 e. The summed E-state index contributed by atoms with van der Waals surface area (Å²) in [5, 5.41) is 2.94. The molecule has 0 aromatic heterocycles. The lowest BCUT2D eigenvalue weighted by molar-refractivity contribution is -0.121. The topological polar surface area (TPSA) is 93.7 Å². The van der Waals surface area contributed by atoms with E-state index in [1.807, 2.05) is 6.92 Å². The second kappa shape index (κ2) is 12.0. The molecule has 0 fully saturated rings. The van der Waals surface area contributed by atoms with Crippen LogP contribution in [0, 0.1) is 6.92 Å². The van der Waals surface area contributed by atoms with Crippen molar-refractivity contribution in [3.63, 3.8) is 0 Å². The van der Waals surface area contributed by atoms with Gasteiger partial charge in [0.25, 0.3) is 0 Å². The number of amides is 1. The number of aryl methyl sites for hydroxylation is 1. The van der Waals surface area contributed by atoms with Gasteiger partial charge in [-0.15, -0.1) is 0 Å². The molecule has 7 nitrogen and oxygen atoms in total. The minimum absolute atomic E-state index is 0.0757. The molecule has 0 spiro atoms. The number of nitrogens with one attached hydrogen (secondary N) is 2. The standard InChI is InChI=1S/C26H34N2O5S/c1-19-12-14-21(15-13-19)34(30,31)28-23(22-10-7-11-24(32-2)26(22)33-3)18-25(29)27-17-16-20-8-5-4-6-9-20/h7-8,10-15,23,28H,4-6,9,16-18H2,1-3H3,(H,27,29). The Morgan fingerprint density at radius 1 is 1.06 bits per heavy atom. The van der Waals surface area contributed by atoms with Gasteiger partial charge in [-0.1, -0.05) is 41.5 Å². The normalized spacial score (nSPS) is 14.7. The molecule has 2 N–H and O–H groups in total. The number of para-hydroxylation sites is 1. The third kappa shape index (κ3) is 6.84. The molecular formula is C26H34N2O5S. The molecular weight excluding hydrogens is 452 g/mol. The van der Waals surface area contributed by atoms with Crippen LogP contribution in [0.15, 0.2) is 59.0 Å². The van der Waals surface area contributed by atoms with Crippen LogP contribution < -0.4 is 19.5 Å². The van der Waals surface area contributed by atoms with E-state index in [9.17, 15) is 13.2 Å². The van der Waals surface area contributed by atoms with Crippen molar-refractivity contribution in [2.75, 3.05) is 20.8 Å². The van der Waals surface area contributed by atoms with Crippen LogP contribution in [0.25, 0.3) is 0 Å². The van der Waals surface area contributed by atoms with Gasteiger partial charge in [-0.25, -0.2) is 13.1 Å². The maximum atomic E-state index is 13.2. The Morgan fingerprint density at radius 3 is 2.47 bits per heavy atom. The average molecular weight is 487 g/mol. The van der Waals surface area contributed by atoms with E-state index in [0.717, 1.165) is 24.8 Å². The highest BCUT2D eigenvalue weighted by Crippen LogP contribution is 2.36. The van der Waals surface area contributed by atoms with E-state index in [-0.39, 0.29) is 17.2 Å². The molecule has 8 heteroatoms. The first kappa shape index (κ1) is 25.8. The fourth-order valence-electron chi connectivity index (χ4n) is 4.13. The zero-order valence-corrected chi connectivity index (χ0v) is 20.9. The predicted octanol–water partition coefficient (Wildman–Crippen LogP) is 4.43. The Morgan fingerprint density at radius 2 is 1.82 bits per heavy atom. The van der Waals surface area contributed by atoms with Crippen molar-refractivity contribution in [3.05, 3.63) is 65.2 Å². The first-order valence-electron chi connectivity index (χ1n) is 11.6. The number of rotatable bonds is 11. The molecule has 1 unspecified atom stereocenters. The summed E-state index contributed by atoms with van der Waals surface area (Å²) in [6.07, 6.45) is 7.59. The van der Waals surface area contributed by atoms with Crippen molar-refractivity contribution in [2.24, 2.45) is 0 Å². The zero-order chi connectivity index (χ0) is 24.6. The highest BCUT2D eigenvalue weighted by Gasteiger charge is 2.27. The Balaban J connectivity index is 1.81. The van der Waals surface area contributed by atoms with E-state index >= 15 is 0 Å². The lowest BCUT2D eigenvalue weighted by Crippen LogP contribution is -2.34. The van der Waals surface area contributed by atoms with Gasteiger partial charge >= 0.3 is 0 Å². The van der Waals surface area contributed by atoms with Gasteiger partial charge in [-0.05, 0) is 57.2 Å². The summed E-state index contributed by atoms with van der Waals surface area (Å²) in [5.74, 6) is 0.615. The van der Waals surface area contributed by atoms with Gasteiger partial charge < -0.3 is 14.8 Å². The number of ether oxygens (including phenoxy) is 2. The second-order valence-corrected chi connectivity index (χ2v) is 10.2. The molecule has 1 aliphatic carbocycles. The molecule has 0 aliphatic heterocycles. The number of benzene rings is 2. The highest BCUT2D eigenvalue weighted by molar-refractivity contribution is 7.89. The van der Waals surface area contributed by atoms with Crippen LogP contribution in [-0.2, 0) is 14.8 Å². The molecule has 2 aromatic rings. The van der Waals surface area contributed by atoms with E-state index < -0.39 is 16.1 Å². The molecule has 3 rings (SSSR count). The van der Waals surface area contributed by atoms with Gasteiger partial charge in [0.2, 0.25) is 15.9 Å². The number of carbonyl (C=O) groups is 1. The molecule has 1 atom stereocenters. The zero-order valence-electron chi connectivity index (χ0n) is 20.1. The second-order valence-electron chi connectivity index (χ2n) is 8.48. The summed E-state index contributed by atoms with van der Waals surface area (Å²) in [4.78, 5) is 13.0. The van der Waals surface area contributed by atoms with E-state index in [1.165, 1.54) is 32.6 Å². The average Bonchev–Trinajstić information content (AvgIpc) is 2.83. The number of hydrogen-bond donors (Lipinski definition) is 2. The fraction of sp³-hybridized carbons (Fsp3) is 0.423. The van der Waals surface area contributed by atoms with Gasteiger partial charge in [-0.3, -0.25) is 4.79 Å². The predicted molar refractivity (Wildman–Crippen MR) is 133 cm³/mol. The van der Waals surface area contributed by atoms with Crippen LogP contribution in [-0.4, -0.2) is 35.1 Å². The van der Waals surface area contributed by atoms with Crippen LogP contribution >= 0.6 is 0 Å². The maximum Gasteiger partial charge on any atom is 0.241 e. The van der Waals surface area contributed by atoms with Gasteiger partial charge in [-0.2, -0.15) is 0 Å². The number of hydrogen-bond acceptors (Lipinski definition) is 5. The molecule has 34 heavy (non-hydrogen) atoms. The number of allylic oxidation sites excluding steroid dienone is 1. The van der Waals surface area contributed by atoms with Gasteiger partial charge in [0.1, 0.15) is 0 Å². The molecule has 1 aliphatic rings. The molecule has 0 heterocycles. The van der Waals surface area contributed by atoms with Crippen LogP contribution in [0.4, 0.5) is 0 Å². The van der Waals surface area contributed by atoms with E-state index in [0.29, 0.717) is 23.6 Å². The summed E-state index contributed by atoms with van der Waals surface area (Å²) in [6, 6.07) is 11.0. The highest BCUT2D eigenvalue weighted by atomic mass is 32.2. The molecule has 2 aromatic carbocycles. The molecule has 0 saturated carbocycles. The molecule has 0 radical (unpaired) electrons. The van der Waals surface area contributed by atoms with Gasteiger partial charge in [0, 0.05) is 18.5 Å². The third-order valence-electron chi connectivity index (χ3n) is 5.98. The molecule has 0 bridgehead atoms. The van der Waals surface area contributed by atoms with Gasteiger partial charge in [0.15, 0.2) is 11.5 Å². The van der Waals surface area contributed by atoms with E-state index in [4.69, 9.17) is 9.47 Å². The molecule has 1 amide bonds. The van der Waals surface area contributed by atoms with Crippen LogP contribution in [0.5, 0.6) is 11.5 Å². The Labute approximate surface area is 202 Å². The quantitative estimate of drug-likeness (QED) is 0.459. The minimum Gasteiger partial charge on any atom is -0.493 e. The van der Waals surface area contributed by atoms with Crippen molar-refractivity contribution >= 4 is 15.9 Å². The SMILES string of the molecule is COc1cccc(C(CC(=O)NCCC2=CCCCC2)NS(=O)(=O)c2ccc(C)cc2)c1OC. The number of carbonyl (C=O) groups excluding carboxylic acids is 1. The summed E-state index contributed by atoms with van der Waals surface area (Å²) in [6.45, 7) is 2.42. The Hall–Kier alpha value is -2.84. The maximum absolute atomic E-state index is 13.2. The minimum atomic E-state index is -3.89. The summed E-state index contributed by atoms with van der Waals surface area (Å²) in [7, 11) is -0.883. The lowest BCUT2D eigenvalue weighted by atomic mass is 9.97. The number of sulfonamides is 1. The fourth-order valence-corrected chi connectivity index (χ4v) is 5.34. The van der Waals surface area contributed by atoms with Crippen LogP contribution in [0.2, 0.25) is 0 Å². The van der Waals surface area contributed by atoms with Crippen LogP contribution in [0.3, 0.4) is 0 Å². The van der Waals surface area contributed by atoms with Crippen LogP contribution in [0.1, 0.15) is 55.7 Å². The number of methoxy groups -OCH3 is 2. The summed E-state index contributed by atoms with van der Waals surface area (Å²) >= 11 is 0. The molecule has 184 valence electrons. The summed E-state index contributed by atoms with van der Waals surface area (Å²) < 4.78 is 39.9. The first-order chi connectivity index (χ1) is 16.3.